The Morgan fingerprint density at radius 1 is 1.14 bits per heavy atom. The smallest absolute Gasteiger partial charge is 0.326 e. The van der Waals surface area contributed by atoms with Crippen molar-refractivity contribution >= 4 is 40.1 Å². The molecule has 28 heavy (non-hydrogen) atoms. The van der Waals surface area contributed by atoms with Gasteiger partial charge in [0.1, 0.15) is 13.2 Å². The molecule has 3 aromatic rings. The molecule has 0 bridgehead atoms. The van der Waals surface area contributed by atoms with Gasteiger partial charge in [-0.05, 0) is 24.6 Å². The van der Waals surface area contributed by atoms with E-state index in [1.807, 2.05) is 43.3 Å². The summed E-state index contributed by atoms with van der Waals surface area (Å²) >= 11 is 6.40. The van der Waals surface area contributed by atoms with Crippen molar-refractivity contribution in [2.75, 3.05) is 6.54 Å². The number of carbonyl (C=O) groups is 2. The number of hydrogen-bond donors (Lipinski definition) is 0. The number of pyridine rings is 1. The molecule has 2 aromatic carbocycles. The molecule has 1 aliphatic heterocycles. The van der Waals surface area contributed by atoms with Crippen molar-refractivity contribution in [1.82, 2.24) is 9.88 Å². The van der Waals surface area contributed by atoms with Gasteiger partial charge in [-0.25, -0.2) is 4.98 Å². The number of aryl methyl sites for hydroxylation is 1. The number of rotatable bonds is 4. The minimum absolute atomic E-state index is 0.0647. The van der Waals surface area contributed by atoms with E-state index in [4.69, 9.17) is 16.3 Å². The molecule has 5 nitrogen and oxygen atoms in total. The summed E-state index contributed by atoms with van der Waals surface area (Å²) in [5.74, 6) is -0.804. The molecule has 140 valence electrons. The molecule has 0 radical (unpaired) electrons. The van der Waals surface area contributed by atoms with E-state index in [9.17, 15) is 9.59 Å². The van der Waals surface area contributed by atoms with Crippen LogP contribution >= 0.6 is 11.6 Å². The predicted octanol–water partition coefficient (Wildman–Crippen LogP) is 4.37. The summed E-state index contributed by atoms with van der Waals surface area (Å²) in [5, 5.41) is 1.43. The molecule has 0 saturated carbocycles. The number of ether oxygens (including phenoxy) is 1. The first-order chi connectivity index (χ1) is 13.5. The molecule has 1 aromatic heterocycles. The van der Waals surface area contributed by atoms with Crippen molar-refractivity contribution in [3.63, 3.8) is 0 Å². The standard InChI is InChI=1S/C22H17ClN2O3/c1-13-15-7-5-6-10-18(15)24-19(21(13)23)12-28-20(26)11-25-14(2)16-8-3-4-9-17(16)22(25)27/h3-10H,2,11-12H2,1H3. The third-order valence-electron chi connectivity index (χ3n) is 4.84. The van der Waals surface area contributed by atoms with Crippen molar-refractivity contribution in [3.05, 3.63) is 82.5 Å². The number of para-hydroxylation sites is 1. The van der Waals surface area contributed by atoms with Crippen LogP contribution in [-0.2, 0) is 16.1 Å². The Kier molecular flexibility index (Phi) is 4.61. The molecule has 0 fully saturated rings. The van der Waals surface area contributed by atoms with Crippen LogP contribution in [0, 0.1) is 6.92 Å². The molecule has 2 heterocycles. The van der Waals surface area contributed by atoms with E-state index in [0.717, 1.165) is 22.0 Å². The lowest BCUT2D eigenvalue weighted by Gasteiger charge is -2.16. The van der Waals surface area contributed by atoms with Crippen LogP contribution in [-0.4, -0.2) is 28.3 Å². The Labute approximate surface area is 167 Å². The van der Waals surface area contributed by atoms with Crippen LogP contribution in [0.15, 0.2) is 55.1 Å². The normalized spacial score (nSPS) is 13.1. The van der Waals surface area contributed by atoms with Crippen LogP contribution in [0.2, 0.25) is 5.02 Å². The molecule has 0 saturated heterocycles. The van der Waals surface area contributed by atoms with Crippen LogP contribution in [0.25, 0.3) is 16.6 Å². The summed E-state index contributed by atoms with van der Waals surface area (Å²) in [7, 11) is 0. The number of esters is 1. The fourth-order valence-electron chi connectivity index (χ4n) is 3.34. The lowest BCUT2D eigenvalue weighted by atomic mass is 10.1. The van der Waals surface area contributed by atoms with Gasteiger partial charge in [0.05, 0.1) is 16.2 Å². The Hall–Kier alpha value is -3.18. The first-order valence-corrected chi connectivity index (χ1v) is 9.14. The van der Waals surface area contributed by atoms with Crippen molar-refractivity contribution in [2.45, 2.75) is 13.5 Å². The van der Waals surface area contributed by atoms with Gasteiger partial charge in [-0.3, -0.25) is 14.5 Å². The zero-order chi connectivity index (χ0) is 19.8. The second-order valence-corrected chi connectivity index (χ2v) is 6.94. The summed E-state index contributed by atoms with van der Waals surface area (Å²) < 4.78 is 5.35. The van der Waals surface area contributed by atoms with Crippen LogP contribution < -0.4 is 0 Å². The topological polar surface area (TPSA) is 59.5 Å². The van der Waals surface area contributed by atoms with Crippen molar-refractivity contribution in [3.8, 4) is 0 Å². The highest BCUT2D eigenvalue weighted by Crippen LogP contribution is 2.31. The van der Waals surface area contributed by atoms with E-state index in [-0.39, 0.29) is 19.1 Å². The quantitative estimate of drug-likeness (QED) is 0.619. The van der Waals surface area contributed by atoms with E-state index in [1.54, 1.807) is 12.1 Å². The van der Waals surface area contributed by atoms with E-state index in [1.165, 1.54) is 4.90 Å². The molecule has 1 aliphatic rings. The predicted molar refractivity (Wildman–Crippen MR) is 108 cm³/mol. The number of fused-ring (bicyclic) bond motifs is 2. The van der Waals surface area contributed by atoms with Crippen molar-refractivity contribution < 1.29 is 14.3 Å². The minimum Gasteiger partial charge on any atom is -0.458 e. The number of amides is 1. The number of carbonyl (C=O) groups excluding carboxylic acids is 2. The summed E-state index contributed by atoms with van der Waals surface area (Å²) in [4.78, 5) is 30.7. The van der Waals surface area contributed by atoms with Gasteiger partial charge in [-0.15, -0.1) is 0 Å². The number of nitrogens with zero attached hydrogens (tertiary/aromatic N) is 2. The summed E-state index contributed by atoms with van der Waals surface area (Å²) in [6.07, 6.45) is 0. The Bertz CT molecular complexity index is 1100. The van der Waals surface area contributed by atoms with Crippen molar-refractivity contribution in [1.29, 1.82) is 0 Å². The molecular formula is C22H17ClN2O3. The van der Waals surface area contributed by atoms with Crippen LogP contribution in [0.5, 0.6) is 0 Å². The molecule has 0 unspecified atom stereocenters. The van der Waals surface area contributed by atoms with E-state index < -0.39 is 5.97 Å². The second kappa shape index (κ2) is 7.09. The molecule has 1 amide bonds. The minimum atomic E-state index is -0.550. The van der Waals surface area contributed by atoms with Crippen LogP contribution in [0.1, 0.15) is 27.2 Å². The third-order valence-corrected chi connectivity index (χ3v) is 5.34. The summed E-state index contributed by atoms with van der Waals surface area (Å²) in [6, 6.07) is 14.8. The van der Waals surface area contributed by atoms with Gasteiger partial charge in [0.2, 0.25) is 0 Å². The lowest BCUT2D eigenvalue weighted by molar-refractivity contribution is -0.145. The van der Waals surface area contributed by atoms with Crippen molar-refractivity contribution in [2.24, 2.45) is 0 Å². The van der Waals surface area contributed by atoms with E-state index in [0.29, 0.717) is 22.0 Å². The summed E-state index contributed by atoms with van der Waals surface area (Å²) in [5.41, 5.74) is 3.92. The zero-order valence-electron chi connectivity index (χ0n) is 15.2. The lowest BCUT2D eigenvalue weighted by Crippen LogP contribution is -2.30. The molecule has 0 N–H and O–H groups in total. The number of aromatic nitrogens is 1. The maximum absolute atomic E-state index is 12.5. The van der Waals surface area contributed by atoms with Gasteiger partial charge >= 0.3 is 5.97 Å². The molecular weight excluding hydrogens is 376 g/mol. The van der Waals surface area contributed by atoms with Gasteiger partial charge in [0, 0.05) is 22.2 Å². The average Bonchev–Trinajstić information content (AvgIpc) is 2.95. The average molecular weight is 393 g/mol. The fraction of sp³-hybridized carbons (Fsp3) is 0.136. The Morgan fingerprint density at radius 3 is 2.57 bits per heavy atom. The fourth-order valence-corrected chi connectivity index (χ4v) is 3.54. The Morgan fingerprint density at radius 2 is 1.82 bits per heavy atom. The van der Waals surface area contributed by atoms with Gasteiger partial charge in [-0.2, -0.15) is 0 Å². The molecule has 0 spiro atoms. The first-order valence-electron chi connectivity index (χ1n) is 8.77. The van der Waals surface area contributed by atoms with Gasteiger partial charge in [0.25, 0.3) is 5.91 Å². The molecule has 4 rings (SSSR count). The molecule has 0 atom stereocenters. The Balaban J connectivity index is 1.47. The third kappa shape index (κ3) is 3.04. The second-order valence-electron chi connectivity index (χ2n) is 6.56. The monoisotopic (exact) mass is 392 g/mol. The van der Waals surface area contributed by atoms with E-state index >= 15 is 0 Å². The zero-order valence-corrected chi connectivity index (χ0v) is 16.0. The highest BCUT2D eigenvalue weighted by Gasteiger charge is 2.32. The molecule has 6 heteroatoms. The van der Waals surface area contributed by atoms with Gasteiger partial charge in [-0.1, -0.05) is 54.6 Å². The van der Waals surface area contributed by atoms with Gasteiger partial charge < -0.3 is 4.74 Å². The summed E-state index contributed by atoms with van der Waals surface area (Å²) in [6.45, 7) is 5.55. The maximum Gasteiger partial charge on any atom is 0.326 e. The SMILES string of the molecule is C=C1c2ccccc2C(=O)N1CC(=O)OCc1nc2ccccc2c(C)c1Cl. The van der Waals surface area contributed by atoms with Gasteiger partial charge in [0.15, 0.2) is 0 Å². The molecule has 0 aliphatic carbocycles. The van der Waals surface area contributed by atoms with Crippen LogP contribution in [0.4, 0.5) is 0 Å². The number of halogens is 1. The largest absolute Gasteiger partial charge is 0.458 e. The number of hydrogen-bond acceptors (Lipinski definition) is 4. The maximum atomic E-state index is 12.5. The van der Waals surface area contributed by atoms with E-state index in [2.05, 4.69) is 11.6 Å². The highest BCUT2D eigenvalue weighted by atomic mass is 35.5. The number of benzene rings is 2. The highest BCUT2D eigenvalue weighted by molar-refractivity contribution is 6.32. The van der Waals surface area contributed by atoms with Crippen LogP contribution in [0.3, 0.4) is 0 Å². The first kappa shape index (κ1) is 18.2.